The Labute approximate surface area is 130 Å². The van der Waals surface area contributed by atoms with E-state index in [2.05, 4.69) is 36.2 Å². The molecule has 0 spiro atoms. The highest BCUT2D eigenvalue weighted by atomic mass is 19.1. The summed E-state index contributed by atoms with van der Waals surface area (Å²) in [7, 11) is 0. The van der Waals surface area contributed by atoms with Gasteiger partial charge in [-0.15, -0.1) is 0 Å². The molecule has 2 aromatic carbocycles. The molecule has 0 radical (unpaired) electrons. The second-order valence-corrected chi connectivity index (χ2v) is 5.03. The average molecular weight is 300 g/mol. The van der Waals surface area contributed by atoms with Gasteiger partial charge in [0, 0.05) is 30.9 Å². The summed E-state index contributed by atoms with van der Waals surface area (Å²) >= 11 is 0. The third-order valence-corrected chi connectivity index (χ3v) is 3.62. The number of hydrogen-bond donors (Lipinski definition) is 1. The van der Waals surface area contributed by atoms with E-state index in [9.17, 15) is 9.18 Å². The van der Waals surface area contributed by atoms with Crippen molar-refractivity contribution >= 4 is 11.6 Å². The number of nitrogens with one attached hydrogen (secondary N) is 1. The summed E-state index contributed by atoms with van der Waals surface area (Å²) in [6.07, 6.45) is 0. The summed E-state index contributed by atoms with van der Waals surface area (Å²) in [6, 6.07) is 13.7. The lowest BCUT2D eigenvalue weighted by molar-refractivity contribution is 0.0951. The van der Waals surface area contributed by atoms with Crippen molar-refractivity contribution in [2.45, 2.75) is 20.4 Å². The Balaban J connectivity index is 1.94. The Kier molecular flexibility index (Phi) is 5.53. The van der Waals surface area contributed by atoms with Gasteiger partial charge in [-0.3, -0.25) is 4.79 Å². The number of carbonyl (C=O) groups is 1. The molecule has 3 nitrogen and oxygen atoms in total. The largest absolute Gasteiger partial charge is 0.372 e. The predicted octanol–water partition coefficient (Wildman–Crippen LogP) is 3.60. The fourth-order valence-electron chi connectivity index (χ4n) is 2.30. The smallest absolute Gasteiger partial charge is 0.251 e. The van der Waals surface area contributed by atoms with E-state index in [-0.39, 0.29) is 11.7 Å². The van der Waals surface area contributed by atoms with E-state index in [4.69, 9.17) is 0 Å². The summed E-state index contributed by atoms with van der Waals surface area (Å²) < 4.78 is 12.8. The van der Waals surface area contributed by atoms with E-state index in [0.717, 1.165) is 18.7 Å². The van der Waals surface area contributed by atoms with Gasteiger partial charge in [-0.25, -0.2) is 4.39 Å². The SMILES string of the molecule is CCN(CC)c1ccc(CNC(=O)c2ccc(F)cc2)cc1. The molecule has 1 N–H and O–H groups in total. The Bertz CT molecular complexity index is 604. The molecule has 0 unspecified atom stereocenters. The number of rotatable bonds is 6. The molecule has 0 saturated carbocycles. The van der Waals surface area contributed by atoms with Gasteiger partial charge in [0.1, 0.15) is 5.82 Å². The molecule has 0 bridgehead atoms. The summed E-state index contributed by atoms with van der Waals surface area (Å²) in [5, 5.41) is 2.84. The van der Waals surface area contributed by atoms with Crippen LogP contribution < -0.4 is 10.2 Å². The molecule has 0 aliphatic carbocycles. The molecule has 22 heavy (non-hydrogen) atoms. The molecule has 0 heterocycles. The zero-order valence-electron chi connectivity index (χ0n) is 13.0. The van der Waals surface area contributed by atoms with Crippen LogP contribution in [0.4, 0.5) is 10.1 Å². The van der Waals surface area contributed by atoms with Crippen molar-refractivity contribution in [3.63, 3.8) is 0 Å². The topological polar surface area (TPSA) is 32.3 Å². The van der Waals surface area contributed by atoms with Crippen LogP contribution in [-0.4, -0.2) is 19.0 Å². The molecule has 1 amide bonds. The van der Waals surface area contributed by atoms with Crippen LogP contribution >= 0.6 is 0 Å². The van der Waals surface area contributed by atoms with Crippen molar-refractivity contribution in [1.82, 2.24) is 5.32 Å². The minimum Gasteiger partial charge on any atom is -0.372 e. The second-order valence-electron chi connectivity index (χ2n) is 5.03. The monoisotopic (exact) mass is 300 g/mol. The maximum Gasteiger partial charge on any atom is 0.251 e. The summed E-state index contributed by atoms with van der Waals surface area (Å²) in [6.45, 7) is 6.64. The molecule has 0 fully saturated rings. The van der Waals surface area contributed by atoms with Gasteiger partial charge in [-0.05, 0) is 55.8 Å². The third-order valence-electron chi connectivity index (χ3n) is 3.62. The van der Waals surface area contributed by atoms with Gasteiger partial charge in [0.2, 0.25) is 0 Å². The number of nitrogens with zero attached hydrogens (tertiary/aromatic N) is 1. The zero-order valence-corrected chi connectivity index (χ0v) is 13.0. The standard InChI is InChI=1S/C18H21FN2O/c1-3-21(4-2)17-11-5-14(6-12-17)13-20-18(22)15-7-9-16(19)10-8-15/h5-12H,3-4,13H2,1-2H3,(H,20,22). The minimum absolute atomic E-state index is 0.201. The molecule has 0 aliphatic rings. The molecule has 116 valence electrons. The first-order valence-corrected chi connectivity index (χ1v) is 7.51. The van der Waals surface area contributed by atoms with Gasteiger partial charge in [-0.1, -0.05) is 12.1 Å². The first-order chi connectivity index (χ1) is 10.6. The summed E-state index contributed by atoms with van der Waals surface area (Å²) in [4.78, 5) is 14.2. The van der Waals surface area contributed by atoms with Crippen LogP contribution in [0, 0.1) is 5.82 Å². The third kappa shape index (κ3) is 4.07. The Hall–Kier alpha value is -2.36. The zero-order chi connectivity index (χ0) is 15.9. The summed E-state index contributed by atoms with van der Waals surface area (Å²) in [5.74, 6) is -0.545. The van der Waals surface area contributed by atoms with Crippen molar-refractivity contribution in [2.75, 3.05) is 18.0 Å². The molecule has 2 aromatic rings. The molecule has 0 saturated heterocycles. The van der Waals surface area contributed by atoms with Crippen molar-refractivity contribution in [3.8, 4) is 0 Å². The fourth-order valence-corrected chi connectivity index (χ4v) is 2.30. The Morgan fingerprint density at radius 2 is 1.59 bits per heavy atom. The van der Waals surface area contributed by atoms with Gasteiger partial charge >= 0.3 is 0 Å². The Morgan fingerprint density at radius 1 is 1.00 bits per heavy atom. The molecule has 0 aromatic heterocycles. The van der Waals surface area contributed by atoms with Crippen LogP contribution in [0.1, 0.15) is 29.8 Å². The van der Waals surface area contributed by atoms with Crippen LogP contribution in [0.5, 0.6) is 0 Å². The van der Waals surface area contributed by atoms with E-state index >= 15 is 0 Å². The lowest BCUT2D eigenvalue weighted by Gasteiger charge is -2.21. The van der Waals surface area contributed by atoms with Gasteiger partial charge in [0.25, 0.3) is 5.91 Å². The number of carbonyl (C=O) groups excluding carboxylic acids is 1. The van der Waals surface area contributed by atoms with Crippen molar-refractivity contribution in [2.24, 2.45) is 0 Å². The Morgan fingerprint density at radius 3 is 2.14 bits per heavy atom. The van der Waals surface area contributed by atoms with Crippen LogP contribution in [-0.2, 0) is 6.54 Å². The van der Waals surface area contributed by atoms with Crippen LogP contribution in [0.15, 0.2) is 48.5 Å². The van der Waals surface area contributed by atoms with E-state index in [1.54, 1.807) is 0 Å². The van der Waals surface area contributed by atoms with Crippen LogP contribution in [0.25, 0.3) is 0 Å². The first kappa shape index (κ1) is 16.0. The highest BCUT2D eigenvalue weighted by Gasteiger charge is 2.06. The predicted molar refractivity (Wildman–Crippen MR) is 87.6 cm³/mol. The fraction of sp³-hybridized carbons (Fsp3) is 0.278. The minimum atomic E-state index is -0.344. The maximum atomic E-state index is 12.8. The lowest BCUT2D eigenvalue weighted by atomic mass is 10.1. The second kappa shape index (κ2) is 7.59. The molecular formula is C18H21FN2O. The van der Waals surface area contributed by atoms with Crippen molar-refractivity contribution < 1.29 is 9.18 Å². The molecule has 2 rings (SSSR count). The number of hydrogen-bond acceptors (Lipinski definition) is 2. The molecule has 0 atom stereocenters. The van der Waals surface area contributed by atoms with E-state index in [1.165, 1.54) is 30.0 Å². The van der Waals surface area contributed by atoms with Crippen LogP contribution in [0.2, 0.25) is 0 Å². The first-order valence-electron chi connectivity index (χ1n) is 7.51. The normalized spacial score (nSPS) is 10.3. The number of anilines is 1. The maximum absolute atomic E-state index is 12.8. The van der Waals surface area contributed by atoms with Gasteiger partial charge < -0.3 is 10.2 Å². The lowest BCUT2D eigenvalue weighted by Crippen LogP contribution is -2.23. The van der Waals surface area contributed by atoms with E-state index < -0.39 is 0 Å². The number of halogens is 1. The molecule has 4 heteroatoms. The highest BCUT2D eigenvalue weighted by molar-refractivity contribution is 5.94. The quantitative estimate of drug-likeness (QED) is 0.884. The molecular weight excluding hydrogens is 279 g/mol. The average Bonchev–Trinajstić information content (AvgIpc) is 2.55. The number of amides is 1. The molecule has 0 aliphatic heterocycles. The van der Waals surface area contributed by atoms with E-state index in [1.807, 2.05) is 12.1 Å². The van der Waals surface area contributed by atoms with E-state index in [0.29, 0.717) is 12.1 Å². The van der Waals surface area contributed by atoms with Gasteiger partial charge in [0.15, 0.2) is 0 Å². The van der Waals surface area contributed by atoms with Crippen LogP contribution in [0.3, 0.4) is 0 Å². The van der Waals surface area contributed by atoms with Gasteiger partial charge in [0.05, 0.1) is 0 Å². The van der Waals surface area contributed by atoms with Crippen molar-refractivity contribution in [3.05, 3.63) is 65.5 Å². The highest BCUT2D eigenvalue weighted by Crippen LogP contribution is 2.15. The summed E-state index contributed by atoms with van der Waals surface area (Å²) in [5.41, 5.74) is 2.67. The number of benzene rings is 2. The van der Waals surface area contributed by atoms with Crippen molar-refractivity contribution in [1.29, 1.82) is 0 Å². The van der Waals surface area contributed by atoms with Gasteiger partial charge in [-0.2, -0.15) is 0 Å².